The van der Waals surface area contributed by atoms with E-state index in [1.807, 2.05) is 12.1 Å². The van der Waals surface area contributed by atoms with E-state index in [4.69, 9.17) is 0 Å². The van der Waals surface area contributed by atoms with Gasteiger partial charge in [-0.25, -0.2) is 9.19 Å². The number of rotatable bonds is 4. The summed E-state index contributed by atoms with van der Waals surface area (Å²) in [6, 6.07) is 5.59. The van der Waals surface area contributed by atoms with Crippen molar-refractivity contribution in [2.45, 2.75) is 13.0 Å². The van der Waals surface area contributed by atoms with Gasteiger partial charge >= 0.3 is 0 Å². The minimum Gasteiger partial charge on any atom is -0.312 e. The molecule has 6 nitrogen and oxygen atoms in total. The molecule has 1 unspecified atom stereocenters. The molecule has 8 heteroatoms. The highest BCUT2D eigenvalue weighted by Crippen LogP contribution is 2.23. The number of thiazole rings is 1. The first-order chi connectivity index (χ1) is 9.74. The predicted molar refractivity (Wildman–Crippen MR) is 80.0 cm³/mol. The molecule has 1 atom stereocenters. The molecule has 1 aliphatic rings. The van der Waals surface area contributed by atoms with E-state index in [1.165, 1.54) is 16.9 Å². The molecule has 1 aromatic carbocycles. The highest BCUT2D eigenvalue weighted by atomic mass is 32.2. The van der Waals surface area contributed by atoms with Gasteiger partial charge in [0.15, 0.2) is 5.13 Å². The maximum Gasteiger partial charge on any atom is 0.249 e. The lowest BCUT2D eigenvalue weighted by molar-refractivity contribution is 0.325. The summed E-state index contributed by atoms with van der Waals surface area (Å²) in [5.74, 6) is 0. The lowest BCUT2D eigenvalue weighted by Gasteiger charge is -2.20. The quantitative estimate of drug-likeness (QED) is 0.751. The number of nitrogens with zero attached hydrogens (tertiary/aromatic N) is 2. The molecule has 0 fully saturated rings. The Morgan fingerprint density at radius 1 is 1.45 bits per heavy atom. The van der Waals surface area contributed by atoms with Crippen LogP contribution in [0.25, 0.3) is 0 Å². The summed E-state index contributed by atoms with van der Waals surface area (Å²) in [7, 11) is 0. The Balaban J connectivity index is 1.76. The zero-order valence-corrected chi connectivity index (χ0v) is 12.2. The Bertz CT molecular complexity index is 618. The van der Waals surface area contributed by atoms with Gasteiger partial charge < -0.3 is 5.32 Å². The zero-order chi connectivity index (χ0) is 13.9. The normalized spacial score (nSPS) is 15.4. The van der Waals surface area contributed by atoms with E-state index < -0.39 is 11.2 Å². The predicted octanol–water partition coefficient (Wildman–Crippen LogP) is 1.68. The third kappa shape index (κ3) is 2.83. The largest absolute Gasteiger partial charge is 0.312 e. The van der Waals surface area contributed by atoms with E-state index in [-0.39, 0.29) is 0 Å². The Labute approximate surface area is 123 Å². The number of aromatic nitrogens is 1. The van der Waals surface area contributed by atoms with Crippen LogP contribution in [-0.2, 0) is 24.1 Å². The van der Waals surface area contributed by atoms with Gasteiger partial charge in [0.05, 0.1) is 5.69 Å². The van der Waals surface area contributed by atoms with Gasteiger partial charge in [0.2, 0.25) is 11.2 Å². The molecule has 106 valence electrons. The molecule has 1 aliphatic heterocycles. The third-order valence-electron chi connectivity index (χ3n) is 3.06. The molecule has 3 rings (SSSR count). The lowest BCUT2D eigenvalue weighted by Crippen LogP contribution is -2.28. The Hall–Kier alpha value is -1.48. The molecule has 0 saturated heterocycles. The summed E-state index contributed by atoms with van der Waals surface area (Å²) in [5, 5.41) is 15.6. The van der Waals surface area contributed by atoms with Gasteiger partial charge in [0, 0.05) is 18.1 Å². The van der Waals surface area contributed by atoms with Crippen molar-refractivity contribution >= 4 is 33.3 Å². The topological polar surface area (TPSA) is 77.5 Å². The third-order valence-corrected chi connectivity index (χ3v) is 4.77. The van der Waals surface area contributed by atoms with Crippen molar-refractivity contribution in [2.75, 3.05) is 15.7 Å². The van der Waals surface area contributed by atoms with Crippen molar-refractivity contribution in [1.82, 2.24) is 10.3 Å². The minimum absolute atomic E-state index is 0.495. The van der Waals surface area contributed by atoms with Crippen LogP contribution in [0.4, 0.5) is 10.8 Å². The molecular weight excluding hydrogens is 296 g/mol. The van der Waals surface area contributed by atoms with Gasteiger partial charge in [-0.3, -0.25) is 9.93 Å². The van der Waals surface area contributed by atoms with Crippen LogP contribution in [0.15, 0.2) is 29.8 Å². The first-order valence-corrected chi connectivity index (χ1v) is 8.12. The first-order valence-electron chi connectivity index (χ1n) is 6.13. The second kappa shape index (κ2) is 5.88. The number of anilines is 2. The zero-order valence-electron chi connectivity index (χ0n) is 10.6. The molecule has 0 saturated carbocycles. The molecule has 0 aliphatic carbocycles. The van der Waals surface area contributed by atoms with Crippen molar-refractivity contribution in [1.29, 1.82) is 0 Å². The smallest absolute Gasteiger partial charge is 0.249 e. The number of nitrogens with one attached hydrogen (secondary N) is 2. The maximum atomic E-state index is 12.0. The van der Waals surface area contributed by atoms with E-state index >= 15 is 0 Å². The van der Waals surface area contributed by atoms with Gasteiger partial charge in [-0.1, -0.05) is 6.07 Å². The Kier molecular flexibility index (Phi) is 3.97. The van der Waals surface area contributed by atoms with Crippen LogP contribution in [0.1, 0.15) is 11.1 Å². The molecule has 0 spiro atoms. The SMILES string of the molecule is O=S(Nc1nccs1)N(O)c1ccc2c(c1)CNCC2. The van der Waals surface area contributed by atoms with Crippen LogP contribution in [0.2, 0.25) is 0 Å². The van der Waals surface area contributed by atoms with Gasteiger partial charge in [0.25, 0.3) is 0 Å². The molecule has 0 bridgehead atoms. The molecule has 1 aromatic heterocycles. The van der Waals surface area contributed by atoms with E-state index in [0.717, 1.165) is 29.5 Å². The fraction of sp³-hybridized carbons (Fsp3) is 0.250. The van der Waals surface area contributed by atoms with Gasteiger partial charge in [0.1, 0.15) is 0 Å². The van der Waals surface area contributed by atoms with Gasteiger partial charge in [-0.05, 0) is 36.2 Å². The number of hydrogen-bond acceptors (Lipinski definition) is 5. The molecule has 0 amide bonds. The van der Waals surface area contributed by atoms with Crippen molar-refractivity contribution in [3.8, 4) is 0 Å². The Morgan fingerprint density at radius 2 is 2.35 bits per heavy atom. The van der Waals surface area contributed by atoms with Crippen molar-refractivity contribution in [3.63, 3.8) is 0 Å². The fourth-order valence-electron chi connectivity index (χ4n) is 2.07. The highest BCUT2D eigenvalue weighted by molar-refractivity contribution is 7.87. The van der Waals surface area contributed by atoms with Crippen LogP contribution in [0, 0.1) is 0 Å². The van der Waals surface area contributed by atoms with Gasteiger partial charge in [-0.2, -0.15) is 4.47 Å². The molecule has 20 heavy (non-hydrogen) atoms. The number of fused-ring (bicyclic) bond motifs is 1. The fourth-order valence-corrected chi connectivity index (χ4v) is 3.45. The summed E-state index contributed by atoms with van der Waals surface area (Å²) in [4.78, 5) is 3.97. The second-order valence-electron chi connectivity index (χ2n) is 4.34. The first kappa shape index (κ1) is 13.5. The summed E-state index contributed by atoms with van der Waals surface area (Å²) < 4.78 is 15.4. The molecule has 0 radical (unpaired) electrons. The second-order valence-corrected chi connectivity index (χ2v) is 6.28. The standard InChI is InChI=1S/C12H14N4O2S2/c17-16(20(18)15-12-14-5-6-19-12)11-2-1-9-3-4-13-8-10(9)7-11/h1-2,5-7,13,17H,3-4,8H2,(H,14,15). The van der Waals surface area contributed by atoms with E-state index in [9.17, 15) is 9.42 Å². The van der Waals surface area contributed by atoms with Crippen LogP contribution in [-0.4, -0.2) is 20.9 Å². The van der Waals surface area contributed by atoms with Crippen LogP contribution < -0.4 is 14.5 Å². The van der Waals surface area contributed by atoms with Crippen molar-refractivity contribution in [3.05, 3.63) is 40.9 Å². The number of benzene rings is 1. The van der Waals surface area contributed by atoms with E-state index in [0.29, 0.717) is 10.8 Å². The lowest BCUT2D eigenvalue weighted by atomic mass is 10.0. The average molecular weight is 310 g/mol. The maximum absolute atomic E-state index is 12.0. The summed E-state index contributed by atoms with van der Waals surface area (Å²) in [5.41, 5.74) is 2.88. The van der Waals surface area contributed by atoms with E-state index in [1.54, 1.807) is 17.6 Å². The van der Waals surface area contributed by atoms with Crippen LogP contribution >= 0.6 is 11.3 Å². The highest BCUT2D eigenvalue weighted by Gasteiger charge is 2.16. The molecule has 3 N–H and O–H groups in total. The molecular formula is C12H14N4O2S2. The Morgan fingerprint density at radius 3 is 3.15 bits per heavy atom. The van der Waals surface area contributed by atoms with E-state index in [2.05, 4.69) is 15.0 Å². The monoisotopic (exact) mass is 310 g/mol. The minimum atomic E-state index is -1.78. The number of hydrogen-bond donors (Lipinski definition) is 3. The van der Waals surface area contributed by atoms with Crippen LogP contribution in [0.5, 0.6) is 0 Å². The summed E-state index contributed by atoms with van der Waals surface area (Å²) in [6.07, 6.45) is 2.58. The average Bonchev–Trinajstić information content (AvgIpc) is 2.99. The van der Waals surface area contributed by atoms with Gasteiger partial charge in [-0.15, -0.1) is 11.3 Å². The van der Waals surface area contributed by atoms with Crippen LogP contribution in [0.3, 0.4) is 0 Å². The molecule has 2 heterocycles. The summed E-state index contributed by atoms with van der Waals surface area (Å²) >= 11 is -0.456. The summed E-state index contributed by atoms with van der Waals surface area (Å²) in [6.45, 7) is 1.73. The van der Waals surface area contributed by atoms with Crippen molar-refractivity contribution < 1.29 is 9.42 Å². The molecule has 2 aromatic rings. The van der Waals surface area contributed by atoms with Crippen molar-refractivity contribution in [2.24, 2.45) is 0 Å².